The smallest absolute Gasteiger partial charge is 0.306 e. The maximum atomic E-state index is 12.7. The molecule has 6 nitrogen and oxygen atoms in total. The second-order valence-corrected chi connectivity index (χ2v) is 18.8. The van der Waals surface area contributed by atoms with Gasteiger partial charge in [-0.2, -0.15) is 0 Å². The molecule has 0 aromatic carbocycles. The van der Waals surface area contributed by atoms with Gasteiger partial charge in [0.15, 0.2) is 6.10 Å². The van der Waals surface area contributed by atoms with E-state index in [-0.39, 0.29) is 31.1 Å². The molecular weight excluding hydrogens is 793 g/mol. The predicted molar refractivity (Wildman–Crippen MR) is 275 cm³/mol. The summed E-state index contributed by atoms with van der Waals surface area (Å²) in [6, 6.07) is 0. The Hall–Kier alpha value is -2.37. The van der Waals surface area contributed by atoms with Crippen LogP contribution in [-0.2, 0) is 28.6 Å². The number of hydrogen-bond acceptors (Lipinski definition) is 6. The van der Waals surface area contributed by atoms with Crippen LogP contribution in [0.2, 0.25) is 0 Å². The molecule has 0 aliphatic rings. The van der Waals surface area contributed by atoms with Crippen molar-refractivity contribution < 1.29 is 28.6 Å². The van der Waals surface area contributed by atoms with Crippen LogP contribution in [0.3, 0.4) is 0 Å². The zero-order chi connectivity index (χ0) is 46.5. The molecule has 0 saturated heterocycles. The molecule has 0 aliphatic heterocycles. The molecule has 0 aliphatic carbocycles. The van der Waals surface area contributed by atoms with Gasteiger partial charge in [0.05, 0.1) is 0 Å². The minimum absolute atomic E-state index is 0.0731. The number of carbonyl (C=O) groups is 3. The highest BCUT2D eigenvalue weighted by atomic mass is 16.6. The minimum atomic E-state index is -0.771. The summed E-state index contributed by atoms with van der Waals surface area (Å²) in [7, 11) is 0. The van der Waals surface area contributed by atoms with Crippen LogP contribution in [0.25, 0.3) is 0 Å². The fourth-order valence-corrected chi connectivity index (χ4v) is 8.22. The second-order valence-electron chi connectivity index (χ2n) is 18.8. The second kappa shape index (κ2) is 53.2. The van der Waals surface area contributed by atoms with Crippen molar-refractivity contribution in [2.75, 3.05) is 13.2 Å². The quantitative estimate of drug-likeness (QED) is 0.0262. The van der Waals surface area contributed by atoms with Gasteiger partial charge in [0.25, 0.3) is 0 Å². The maximum Gasteiger partial charge on any atom is 0.306 e. The Morgan fingerprint density at radius 3 is 0.953 bits per heavy atom. The van der Waals surface area contributed by atoms with E-state index < -0.39 is 6.10 Å². The molecule has 0 radical (unpaired) electrons. The third-order valence-corrected chi connectivity index (χ3v) is 12.4. The Morgan fingerprint density at radius 1 is 0.328 bits per heavy atom. The van der Waals surface area contributed by atoms with Gasteiger partial charge in [-0.1, -0.05) is 263 Å². The van der Waals surface area contributed by atoms with E-state index in [0.717, 1.165) is 89.9 Å². The topological polar surface area (TPSA) is 78.9 Å². The van der Waals surface area contributed by atoms with E-state index >= 15 is 0 Å². The van der Waals surface area contributed by atoms with Crippen LogP contribution in [0.4, 0.5) is 0 Å². The van der Waals surface area contributed by atoms with Gasteiger partial charge in [-0.25, -0.2) is 0 Å². The first kappa shape index (κ1) is 61.6. The van der Waals surface area contributed by atoms with Crippen molar-refractivity contribution in [3.05, 3.63) is 36.5 Å². The molecule has 0 amide bonds. The molecule has 0 spiro atoms. The summed E-state index contributed by atoms with van der Waals surface area (Å²) in [5.74, 6) is -0.884. The van der Waals surface area contributed by atoms with Gasteiger partial charge in [-0.3, -0.25) is 14.4 Å². The molecule has 0 bridgehead atoms. The van der Waals surface area contributed by atoms with Gasteiger partial charge in [0, 0.05) is 19.3 Å². The van der Waals surface area contributed by atoms with Crippen LogP contribution in [0.5, 0.6) is 0 Å². The molecule has 6 heteroatoms. The van der Waals surface area contributed by atoms with E-state index in [0.29, 0.717) is 19.3 Å². The SMILES string of the molecule is CC/C=C\C/C=C\C/C=C\CCCCCCCCCC(=O)OC(COC(=O)CCCCCCC)COC(=O)CCCCCCCCCCCCCCCCCCCCCCCCCC. The molecule has 1 unspecified atom stereocenters. The summed E-state index contributed by atoms with van der Waals surface area (Å²) in [4.78, 5) is 37.7. The molecule has 0 heterocycles. The van der Waals surface area contributed by atoms with Crippen LogP contribution >= 0.6 is 0 Å². The van der Waals surface area contributed by atoms with E-state index in [9.17, 15) is 14.4 Å². The van der Waals surface area contributed by atoms with Crippen molar-refractivity contribution in [1.29, 1.82) is 0 Å². The van der Waals surface area contributed by atoms with Crippen LogP contribution < -0.4 is 0 Å². The first-order chi connectivity index (χ1) is 31.5. The lowest BCUT2D eigenvalue weighted by Crippen LogP contribution is -2.30. The lowest BCUT2D eigenvalue weighted by molar-refractivity contribution is -0.167. The molecule has 1 atom stereocenters. The number of rotatable bonds is 51. The van der Waals surface area contributed by atoms with Crippen molar-refractivity contribution >= 4 is 17.9 Å². The highest BCUT2D eigenvalue weighted by Crippen LogP contribution is 2.17. The van der Waals surface area contributed by atoms with Crippen LogP contribution in [-0.4, -0.2) is 37.2 Å². The summed E-state index contributed by atoms with van der Waals surface area (Å²) in [6.07, 6.45) is 63.3. The standard InChI is InChI=1S/C58H106O6/c1-4-7-10-13-15-17-19-21-23-25-26-27-28-29-30-31-33-34-36-38-40-42-45-48-51-57(60)63-54-55(53-62-56(59)50-47-44-12-9-6-3)64-58(61)52-49-46-43-41-39-37-35-32-24-22-20-18-16-14-11-8-5-2/h8,11,16,18,22,24,55H,4-7,9-10,12-15,17,19-21,23,25-54H2,1-3H3/b11-8-,18-16-,24-22-. The molecule has 0 aromatic rings. The number of carbonyl (C=O) groups excluding carboxylic acids is 3. The van der Waals surface area contributed by atoms with E-state index in [1.165, 1.54) is 167 Å². The van der Waals surface area contributed by atoms with E-state index in [1.807, 2.05) is 0 Å². The number of esters is 3. The van der Waals surface area contributed by atoms with E-state index in [2.05, 4.69) is 57.2 Å². The number of unbranched alkanes of at least 4 members (excludes halogenated alkanes) is 34. The van der Waals surface area contributed by atoms with Crippen LogP contribution in [0.15, 0.2) is 36.5 Å². The molecule has 374 valence electrons. The Balaban J connectivity index is 4.04. The Kier molecular flexibility index (Phi) is 51.3. The summed E-state index contributed by atoms with van der Waals surface area (Å²) >= 11 is 0. The highest BCUT2D eigenvalue weighted by molar-refractivity contribution is 5.71. The normalized spacial score (nSPS) is 12.2. The van der Waals surface area contributed by atoms with Crippen molar-refractivity contribution in [3.8, 4) is 0 Å². The lowest BCUT2D eigenvalue weighted by atomic mass is 10.0. The van der Waals surface area contributed by atoms with E-state index in [1.54, 1.807) is 0 Å². The van der Waals surface area contributed by atoms with Crippen molar-refractivity contribution in [1.82, 2.24) is 0 Å². The summed E-state index contributed by atoms with van der Waals surface area (Å²) in [5.41, 5.74) is 0. The molecule has 0 aromatic heterocycles. The number of hydrogen-bond donors (Lipinski definition) is 0. The zero-order valence-electron chi connectivity index (χ0n) is 42.8. The van der Waals surface area contributed by atoms with Gasteiger partial charge < -0.3 is 14.2 Å². The summed E-state index contributed by atoms with van der Waals surface area (Å²) in [5, 5.41) is 0. The highest BCUT2D eigenvalue weighted by Gasteiger charge is 2.19. The third-order valence-electron chi connectivity index (χ3n) is 12.4. The van der Waals surface area contributed by atoms with Crippen LogP contribution in [0, 0.1) is 0 Å². The first-order valence-electron chi connectivity index (χ1n) is 28.0. The molecule has 0 saturated carbocycles. The Labute approximate surface area is 397 Å². The minimum Gasteiger partial charge on any atom is -0.462 e. The van der Waals surface area contributed by atoms with Crippen LogP contribution in [0.1, 0.15) is 297 Å². The van der Waals surface area contributed by atoms with Crippen molar-refractivity contribution in [2.45, 2.75) is 303 Å². The average Bonchev–Trinajstić information content (AvgIpc) is 3.29. The summed E-state index contributed by atoms with van der Waals surface area (Å²) in [6.45, 7) is 6.47. The Bertz CT molecular complexity index is 1080. The fourth-order valence-electron chi connectivity index (χ4n) is 8.22. The fraction of sp³-hybridized carbons (Fsp3) is 0.845. The molecule has 0 rings (SSSR count). The van der Waals surface area contributed by atoms with Gasteiger partial charge in [0.2, 0.25) is 0 Å². The number of ether oxygens (including phenoxy) is 3. The largest absolute Gasteiger partial charge is 0.462 e. The van der Waals surface area contributed by atoms with E-state index in [4.69, 9.17) is 14.2 Å². The monoisotopic (exact) mass is 899 g/mol. The molecular formula is C58H106O6. The zero-order valence-corrected chi connectivity index (χ0v) is 42.8. The van der Waals surface area contributed by atoms with Gasteiger partial charge in [0.1, 0.15) is 13.2 Å². The Morgan fingerprint density at radius 2 is 0.609 bits per heavy atom. The van der Waals surface area contributed by atoms with Gasteiger partial charge in [-0.05, 0) is 51.4 Å². The molecule has 64 heavy (non-hydrogen) atoms. The van der Waals surface area contributed by atoms with Gasteiger partial charge >= 0.3 is 17.9 Å². The van der Waals surface area contributed by atoms with Gasteiger partial charge in [-0.15, -0.1) is 0 Å². The number of allylic oxidation sites excluding steroid dienone is 6. The van der Waals surface area contributed by atoms with Crippen molar-refractivity contribution in [3.63, 3.8) is 0 Å². The van der Waals surface area contributed by atoms with Crippen molar-refractivity contribution in [2.24, 2.45) is 0 Å². The summed E-state index contributed by atoms with van der Waals surface area (Å²) < 4.78 is 16.7. The lowest BCUT2D eigenvalue weighted by Gasteiger charge is -2.18. The maximum absolute atomic E-state index is 12.7. The molecule has 0 fully saturated rings. The average molecular weight is 899 g/mol. The predicted octanol–water partition coefficient (Wildman–Crippen LogP) is 18.5. The first-order valence-corrected chi connectivity index (χ1v) is 28.0. The molecule has 0 N–H and O–H groups in total. The third kappa shape index (κ3) is 50.6.